The molecule has 0 aliphatic heterocycles. The number of aliphatic carboxylic acids is 2. The molecule has 0 spiro atoms. The number of carbonyl (C=O) groups is 2. The van der Waals surface area contributed by atoms with Crippen LogP contribution in [0.25, 0.3) is 0 Å². The molecular formula is C6H13NO8. The fourth-order valence-corrected chi connectivity index (χ4v) is 0.666. The second-order valence-corrected chi connectivity index (χ2v) is 2.55. The SMILES string of the molecule is N.O=C(O)[C@@H](O)[C@@H](O)[C@H](O)[C@@H](O)C(=O)O. The first kappa shape index (κ1) is 16.2. The Balaban J connectivity index is 0. The van der Waals surface area contributed by atoms with Gasteiger partial charge in [0, 0.05) is 0 Å². The lowest BCUT2D eigenvalue weighted by Gasteiger charge is -2.21. The predicted molar refractivity (Wildman–Crippen MR) is 44.3 cm³/mol. The maximum absolute atomic E-state index is 10.1. The van der Waals surface area contributed by atoms with Gasteiger partial charge in [0.05, 0.1) is 0 Å². The maximum Gasteiger partial charge on any atom is 0.335 e. The van der Waals surface area contributed by atoms with Crippen LogP contribution < -0.4 is 6.15 Å². The van der Waals surface area contributed by atoms with Gasteiger partial charge in [-0.25, -0.2) is 9.59 Å². The molecule has 0 aliphatic carbocycles. The Morgan fingerprint density at radius 1 is 0.733 bits per heavy atom. The Labute approximate surface area is 83.8 Å². The first-order chi connectivity index (χ1) is 6.29. The molecule has 0 aromatic heterocycles. The zero-order valence-electron chi connectivity index (χ0n) is 7.52. The Morgan fingerprint density at radius 2 is 0.933 bits per heavy atom. The average Bonchev–Trinajstić information content (AvgIpc) is 2.12. The van der Waals surface area contributed by atoms with Crippen molar-refractivity contribution < 1.29 is 40.2 Å². The molecule has 0 bridgehead atoms. The first-order valence-electron chi connectivity index (χ1n) is 3.47. The van der Waals surface area contributed by atoms with Gasteiger partial charge in [-0.05, 0) is 0 Å². The van der Waals surface area contributed by atoms with E-state index < -0.39 is 36.4 Å². The van der Waals surface area contributed by atoms with Gasteiger partial charge in [-0.15, -0.1) is 0 Å². The maximum atomic E-state index is 10.1. The van der Waals surface area contributed by atoms with Crippen LogP contribution in [0, 0.1) is 0 Å². The van der Waals surface area contributed by atoms with Crippen molar-refractivity contribution >= 4 is 11.9 Å². The Kier molecular flexibility index (Phi) is 6.76. The summed E-state index contributed by atoms with van der Waals surface area (Å²) in [4.78, 5) is 20.2. The van der Waals surface area contributed by atoms with Crippen LogP contribution in [-0.4, -0.2) is 67.0 Å². The van der Waals surface area contributed by atoms with E-state index >= 15 is 0 Å². The molecule has 0 heterocycles. The standard InChI is InChI=1S/C6H10O8.H3N/c7-1(3(9)5(11)12)2(8)4(10)6(13)14;/h1-4,7-10H,(H,11,12)(H,13,14);1H3/t1-,2-,3-,4+;/m0./s1. The van der Waals surface area contributed by atoms with Crippen molar-refractivity contribution in [2.45, 2.75) is 24.4 Å². The summed E-state index contributed by atoms with van der Waals surface area (Å²) in [6, 6.07) is 0. The Bertz CT molecular complexity index is 207. The molecule has 0 rings (SSSR count). The lowest BCUT2D eigenvalue weighted by molar-refractivity contribution is -0.172. The van der Waals surface area contributed by atoms with E-state index in [-0.39, 0.29) is 6.15 Å². The summed E-state index contributed by atoms with van der Waals surface area (Å²) < 4.78 is 0. The first-order valence-corrected chi connectivity index (χ1v) is 3.47. The minimum Gasteiger partial charge on any atom is -0.479 e. The second kappa shape index (κ2) is 6.27. The highest BCUT2D eigenvalue weighted by atomic mass is 16.4. The van der Waals surface area contributed by atoms with Crippen LogP contribution in [0.15, 0.2) is 0 Å². The van der Waals surface area contributed by atoms with Crippen molar-refractivity contribution in [3.05, 3.63) is 0 Å². The lowest BCUT2D eigenvalue weighted by Crippen LogP contribution is -2.49. The molecule has 0 aromatic carbocycles. The normalized spacial score (nSPS) is 18.1. The lowest BCUT2D eigenvalue weighted by atomic mass is 10.0. The van der Waals surface area contributed by atoms with E-state index in [1.165, 1.54) is 0 Å². The van der Waals surface area contributed by atoms with Crippen LogP contribution in [0.2, 0.25) is 0 Å². The molecule has 15 heavy (non-hydrogen) atoms. The van der Waals surface area contributed by atoms with E-state index in [1.54, 1.807) is 0 Å². The predicted octanol–water partition coefficient (Wildman–Crippen LogP) is -3.24. The molecule has 0 fully saturated rings. The molecule has 0 unspecified atom stereocenters. The second-order valence-electron chi connectivity index (χ2n) is 2.55. The van der Waals surface area contributed by atoms with Crippen LogP contribution >= 0.6 is 0 Å². The number of hydrogen-bond acceptors (Lipinski definition) is 7. The number of rotatable bonds is 5. The zero-order chi connectivity index (χ0) is 11.5. The van der Waals surface area contributed by atoms with Gasteiger partial charge in [0.2, 0.25) is 0 Å². The summed E-state index contributed by atoms with van der Waals surface area (Å²) in [6.07, 6.45) is -9.28. The van der Waals surface area contributed by atoms with Crippen molar-refractivity contribution in [3.63, 3.8) is 0 Å². The van der Waals surface area contributed by atoms with Gasteiger partial charge in [-0.1, -0.05) is 0 Å². The number of carboxylic acid groups (broad SMARTS) is 2. The largest absolute Gasteiger partial charge is 0.479 e. The van der Waals surface area contributed by atoms with Crippen molar-refractivity contribution in [2.24, 2.45) is 0 Å². The highest BCUT2D eigenvalue weighted by molar-refractivity contribution is 5.75. The van der Waals surface area contributed by atoms with Crippen LogP contribution in [0.3, 0.4) is 0 Å². The van der Waals surface area contributed by atoms with Crippen LogP contribution in [0.4, 0.5) is 0 Å². The van der Waals surface area contributed by atoms with Gasteiger partial charge in [0.15, 0.2) is 12.2 Å². The smallest absolute Gasteiger partial charge is 0.335 e. The molecule has 9 N–H and O–H groups in total. The summed E-state index contributed by atoms with van der Waals surface area (Å²) in [5.74, 6) is -3.68. The summed E-state index contributed by atoms with van der Waals surface area (Å²) >= 11 is 0. The highest BCUT2D eigenvalue weighted by Crippen LogP contribution is 2.05. The highest BCUT2D eigenvalue weighted by Gasteiger charge is 2.37. The summed E-state index contributed by atoms with van der Waals surface area (Å²) in [6.45, 7) is 0. The Hall–Kier alpha value is -1.26. The third-order valence-corrected chi connectivity index (χ3v) is 1.50. The molecule has 0 radical (unpaired) electrons. The van der Waals surface area contributed by atoms with Gasteiger partial charge in [0.25, 0.3) is 0 Å². The summed E-state index contributed by atoms with van der Waals surface area (Å²) in [5.41, 5.74) is 0. The zero-order valence-corrected chi connectivity index (χ0v) is 7.52. The van der Waals surface area contributed by atoms with Crippen LogP contribution in [0.5, 0.6) is 0 Å². The van der Waals surface area contributed by atoms with Gasteiger partial charge in [-0.2, -0.15) is 0 Å². The van der Waals surface area contributed by atoms with Crippen LogP contribution in [0.1, 0.15) is 0 Å². The fraction of sp³-hybridized carbons (Fsp3) is 0.667. The minimum absolute atomic E-state index is 0. The minimum atomic E-state index is -2.36. The van der Waals surface area contributed by atoms with E-state index in [0.29, 0.717) is 0 Å². The number of aliphatic hydroxyl groups excluding tert-OH is 4. The van der Waals surface area contributed by atoms with Crippen molar-refractivity contribution in [1.82, 2.24) is 6.15 Å². The average molecular weight is 227 g/mol. The molecular weight excluding hydrogens is 214 g/mol. The van der Waals surface area contributed by atoms with Gasteiger partial charge in [0.1, 0.15) is 12.2 Å². The molecule has 9 heteroatoms. The van der Waals surface area contributed by atoms with E-state index in [9.17, 15) is 9.59 Å². The van der Waals surface area contributed by atoms with Crippen molar-refractivity contribution in [3.8, 4) is 0 Å². The monoisotopic (exact) mass is 227 g/mol. The van der Waals surface area contributed by atoms with Crippen molar-refractivity contribution in [2.75, 3.05) is 0 Å². The summed E-state index contributed by atoms with van der Waals surface area (Å²) in [7, 11) is 0. The molecule has 4 atom stereocenters. The van der Waals surface area contributed by atoms with E-state index in [4.69, 9.17) is 30.6 Å². The van der Waals surface area contributed by atoms with Crippen molar-refractivity contribution in [1.29, 1.82) is 0 Å². The summed E-state index contributed by atoms with van der Waals surface area (Å²) in [5, 5.41) is 51.5. The molecule has 0 saturated heterocycles. The Morgan fingerprint density at radius 3 is 1.07 bits per heavy atom. The van der Waals surface area contributed by atoms with Crippen LogP contribution in [-0.2, 0) is 9.59 Å². The molecule has 9 nitrogen and oxygen atoms in total. The number of carboxylic acids is 2. The third kappa shape index (κ3) is 4.18. The van der Waals surface area contributed by atoms with E-state index in [0.717, 1.165) is 0 Å². The molecule has 0 aliphatic rings. The topological polar surface area (TPSA) is 191 Å². The van der Waals surface area contributed by atoms with Gasteiger partial charge in [-0.3, -0.25) is 0 Å². The van der Waals surface area contributed by atoms with Gasteiger partial charge < -0.3 is 36.8 Å². The van der Waals surface area contributed by atoms with Gasteiger partial charge >= 0.3 is 11.9 Å². The quantitative estimate of drug-likeness (QED) is 0.253. The molecule has 0 amide bonds. The fourth-order valence-electron chi connectivity index (χ4n) is 0.666. The number of hydrogen-bond donors (Lipinski definition) is 7. The molecule has 0 saturated carbocycles. The third-order valence-electron chi connectivity index (χ3n) is 1.50. The van der Waals surface area contributed by atoms with E-state index in [2.05, 4.69) is 0 Å². The number of aliphatic hydroxyl groups is 4. The van der Waals surface area contributed by atoms with E-state index in [1.807, 2.05) is 0 Å². The molecule has 0 aromatic rings. The molecule has 90 valence electrons.